The van der Waals surface area contributed by atoms with Gasteiger partial charge in [-0.3, -0.25) is 4.79 Å². The highest BCUT2D eigenvalue weighted by molar-refractivity contribution is 7.10. The van der Waals surface area contributed by atoms with Crippen LogP contribution >= 0.6 is 11.3 Å². The van der Waals surface area contributed by atoms with E-state index in [0.717, 1.165) is 19.3 Å². The Morgan fingerprint density at radius 2 is 1.85 bits per heavy atom. The molecule has 26 heavy (non-hydrogen) atoms. The van der Waals surface area contributed by atoms with Crippen molar-refractivity contribution in [3.05, 3.63) is 58.3 Å². The second kappa shape index (κ2) is 7.93. The first-order valence-corrected chi connectivity index (χ1v) is 10.7. The van der Waals surface area contributed by atoms with E-state index in [-0.39, 0.29) is 17.9 Å². The van der Waals surface area contributed by atoms with E-state index in [2.05, 4.69) is 47.1 Å². The van der Waals surface area contributed by atoms with Gasteiger partial charge < -0.3 is 11.1 Å². The van der Waals surface area contributed by atoms with Crippen molar-refractivity contribution >= 4 is 17.2 Å². The Labute approximate surface area is 160 Å². The van der Waals surface area contributed by atoms with Crippen LogP contribution in [0.1, 0.15) is 48.6 Å². The lowest BCUT2D eigenvalue weighted by molar-refractivity contribution is -0.128. The summed E-state index contributed by atoms with van der Waals surface area (Å²) in [5.74, 6) is 1.42. The molecule has 3 unspecified atom stereocenters. The summed E-state index contributed by atoms with van der Waals surface area (Å²) >= 11 is 1.72. The number of fused-ring (bicyclic) bond motifs is 2. The van der Waals surface area contributed by atoms with Gasteiger partial charge in [0, 0.05) is 16.8 Å². The largest absolute Gasteiger partial charge is 0.348 e. The molecule has 1 aromatic carbocycles. The number of hydrogen-bond donors (Lipinski definition) is 2. The summed E-state index contributed by atoms with van der Waals surface area (Å²) in [6, 6.07) is 15.0. The molecule has 1 amide bonds. The van der Waals surface area contributed by atoms with Crippen LogP contribution in [-0.4, -0.2) is 11.9 Å². The van der Waals surface area contributed by atoms with Crippen LogP contribution in [0.25, 0.3) is 0 Å². The van der Waals surface area contributed by atoms with Crippen LogP contribution < -0.4 is 11.1 Å². The van der Waals surface area contributed by atoms with Crippen molar-refractivity contribution in [1.29, 1.82) is 0 Å². The van der Waals surface area contributed by atoms with Crippen LogP contribution in [0.2, 0.25) is 0 Å². The lowest BCUT2D eigenvalue weighted by atomic mass is 9.65. The summed E-state index contributed by atoms with van der Waals surface area (Å²) in [6.45, 7) is 0. The van der Waals surface area contributed by atoms with Gasteiger partial charge in [-0.1, -0.05) is 42.8 Å². The Morgan fingerprint density at radius 1 is 1.12 bits per heavy atom. The van der Waals surface area contributed by atoms with Gasteiger partial charge in [0.05, 0.1) is 6.04 Å². The highest BCUT2D eigenvalue weighted by atomic mass is 32.1. The van der Waals surface area contributed by atoms with E-state index in [4.69, 9.17) is 5.73 Å². The molecule has 138 valence electrons. The molecule has 2 aromatic rings. The SMILES string of the molecule is NC1C2CCCC1CC(C(=O)NC(Cc1ccccc1)c1cccs1)C2. The maximum absolute atomic E-state index is 13.1. The number of nitrogens with one attached hydrogen (secondary N) is 1. The second-order valence-corrected chi connectivity index (χ2v) is 8.94. The first kappa shape index (κ1) is 17.7. The predicted molar refractivity (Wildman–Crippen MR) is 107 cm³/mol. The van der Waals surface area contributed by atoms with Crippen LogP contribution in [0.5, 0.6) is 0 Å². The molecule has 4 rings (SSSR count). The van der Waals surface area contributed by atoms with Gasteiger partial charge >= 0.3 is 0 Å². The predicted octanol–water partition coefficient (Wildman–Crippen LogP) is 4.30. The quantitative estimate of drug-likeness (QED) is 0.827. The van der Waals surface area contributed by atoms with Gasteiger partial charge in [-0.15, -0.1) is 11.3 Å². The molecule has 0 spiro atoms. The topological polar surface area (TPSA) is 55.1 Å². The third-order valence-electron chi connectivity index (χ3n) is 6.27. The zero-order valence-electron chi connectivity index (χ0n) is 15.1. The number of thiophene rings is 1. The minimum Gasteiger partial charge on any atom is -0.348 e. The average molecular weight is 369 g/mol. The fourth-order valence-electron chi connectivity index (χ4n) is 4.85. The highest BCUT2D eigenvalue weighted by Gasteiger charge is 2.40. The van der Waals surface area contributed by atoms with E-state index < -0.39 is 0 Å². The van der Waals surface area contributed by atoms with Crippen LogP contribution in [-0.2, 0) is 11.2 Å². The molecule has 0 radical (unpaired) electrons. The van der Waals surface area contributed by atoms with Crippen LogP contribution in [0.3, 0.4) is 0 Å². The third-order valence-corrected chi connectivity index (χ3v) is 7.26. The Hall–Kier alpha value is -1.65. The Balaban J connectivity index is 1.46. The number of hydrogen-bond acceptors (Lipinski definition) is 3. The van der Waals surface area contributed by atoms with Crippen LogP contribution in [0, 0.1) is 17.8 Å². The first-order valence-electron chi connectivity index (χ1n) is 9.84. The molecule has 1 heterocycles. The molecule has 2 bridgehead atoms. The van der Waals surface area contributed by atoms with E-state index in [1.54, 1.807) is 11.3 Å². The van der Waals surface area contributed by atoms with Crippen molar-refractivity contribution in [3.63, 3.8) is 0 Å². The summed E-state index contributed by atoms with van der Waals surface area (Å²) in [4.78, 5) is 14.3. The van der Waals surface area contributed by atoms with Gasteiger partial charge in [0.25, 0.3) is 0 Å². The Kier molecular flexibility index (Phi) is 5.41. The molecule has 0 aliphatic heterocycles. The maximum Gasteiger partial charge on any atom is 0.223 e. The van der Waals surface area contributed by atoms with Gasteiger partial charge in [-0.25, -0.2) is 0 Å². The smallest absolute Gasteiger partial charge is 0.223 e. The lowest BCUT2D eigenvalue weighted by Crippen LogP contribution is -2.49. The van der Waals surface area contributed by atoms with Crippen molar-refractivity contribution in [2.75, 3.05) is 0 Å². The number of carbonyl (C=O) groups excluding carboxylic acids is 1. The highest BCUT2D eigenvalue weighted by Crippen LogP contribution is 2.42. The van der Waals surface area contributed by atoms with Gasteiger partial charge in [-0.2, -0.15) is 0 Å². The molecule has 2 saturated carbocycles. The number of carbonyl (C=O) groups is 1. The number of benzene rings is 1. The van der Waals surface area contributed by atoms with Crippen molar-refractivity contribution in [1.82, 2.24) is 5.32 Å². The molecule has 2 fully saturated rings. The van der Waals surface area contributed by atoms with E-state index in [9.17, 15) is 4.79 Å². The number of rotatable bonds is 5. The van der Waals surface area contributed by atoms with Crippen molar-refractivity contribution in [2.45, 2.75) is 50.6 Å². The van der Waals surface area contributed by atoms with Gasteiger partial charge in [0.15, 0.2) is 0 Å². The Morgan fingerprint density at radius 3 is 2.50 bits per heavy atom. The summed E-state index contributed by atoms with van der Waals surface area (Å²) in [5, 5.41) is 5.46. The van der Waals surface area contributed by atoms with Crippen LogP contribution in [0.4, 0.5) is 0 Å². The minimum absolute atomic E-state index is 0.0559. The van der Waals surface area contributed by atoms with E-state index in [1.165, 1.54) is 29.7 Å². The number of nitrogens with two attached hydrogens (primary N) is 1. The van der Waals surface area contributed by atoms with Gasteiger partial charge in [-0.05, 0) is 60.9 Å². The van der Waals surface area contributed by atoms with Crippen molar-refractivity contribution < 1.29 is 4.79 Å². The Bertz CT molecular complexity index is 701. The molecule has 1 aromatic heterocycles. The van der Waals surface area contributed by atoms with Gasteiger partial charge in [0.2, 0.25) is 5.91 Å². The molecular weight excluding hydrogens is 340 g/mol. The minimum atomic E-state index is 0.0559. The molecule has 3 nitrogen and oxygen atoms in total. The molecule has 2 aliphatic carbocycles. The molecule has 4 heteroatoms. The van der Waals surface area contributed by atoms with E-state index in [0.29, 0.717) is 17.9 Å². The monoisotopic (exact) mass is 368 g/mol. The molecule has 0 saturated heterocycles. The lowest BCUT2D eigenvalue weighted by Gasteiger charge is -2.43. The molecule has 3 atom stereocenters. The molecular formula is C22H28N2OS. The average Bonchev–Trinajstić information content (AvgIpc) is 3.16. The van der Waals surface area contributed by atoms with E-state index in [1.807, 2.05) is 6.07 Å². The fraction of sp³-hybridized carbons (Fsp3) is 0.500. The maximum atomic E-state index is 13.1. The van der Waals surface area contributed by atoms with Crippen molar-refractivity contribution in [2.24, 2.45) is 23.5 Å². The number of amides is 1. The fourth-order valence-corrected chi connectivity index (χ4v) is 5.63. The molecule has 2 aliphatic rings. The summed E-state index contributed by atoms with van der Waals surface area (Å²) in [6.07, 6.45) is 6.44. The zero-order chi connectivity index (χ0) is 17.9. The van der Waals surface area contributed by atoms with Crippen LogP contribution in [0.15, 0.2) is 47.8 Å². The first-order chi connectivity index (χ1) is 12.7. The summed E-state index contributed by atoms with van der Waals surface area (Å²) in [5.41, 5.74) is 7.66. The normalized spacial score (nSPS) is 29.1. The summed E-state index contributed by atoms with van der Waals surface area (Å²) in [7, 11) is 0. The van der Waals surface area contributed by atoms with E-state index >= 15 is 0 Å². The van der Waals surface area contributed by atoms with Crippen molar-refractivity contribution in [3.8, 4) is 0 Å². The standard InChI is InChI=1S/C22H28N2OS/c23-21-16-8-4-9-17(21)14-18(13-16)22(25)24-19(20-10-5-11-26-20)12-15-6-2-1-3-7-15/h1-3,5-7,10-11,16-19,21H,4,8-9,12-14,23H2,(H,24,25). The zero-order valence-corrected chi connectivity index (χ0v) is 16.0. The third kappa shape index (κ3) is 3.86. The molecule has 3 N–H and O–H groups in total. The second-order valence-electron chi connectivity index (χ2n) is 7.96. The summed E-state index contributed by atoms with van der Waals surface area (Å²) < 4.78 is 0. The van der Waals surface area contributed by atoms with Gasteiger partial charge in [0.1, 0.15) is 0 Å².